The van der Waals surface area contributed by atoms with Gasteiger partial charge in [0.1, 0.15) is 5.82 Å². The van der Waals surface area contributed by atoms with Crippen molar-refractivity contribution in [3.05, 3.63) is 30.1 Å². The summed E-state index contributed by atoms with van der Waals surface area (Å²) in [6.07, 6.45) is 1.96. The number of rotatable bonds is 2. The van der Waals surface area contributed by atoms with E-state index in [1.54, 1.807) is 12.1 Å². The number of piperidine rings is 1. The maximum absolute atomic E-state index is 14.2. The van der Waals surface area contributed by atoms with Crippen molar-refractivity contribution in [3.63, 3.8) is 0 Å². The maximum Gasteiger partial charge on any atom is 0.196 e. The highest BCUT2D eigenvalue weighted by molar-refractivity contribution is 5.98. The molecule has 1 aromatic carbocycles. The van der Waals surface area contributed by atoms with Crippen molar-refractivity contribution in [3.8, 4) is 0 Å². The van der Waals surface area contributed by atoms with Gasteiger partial charge in [0, 0.05) is 6.54 Å². The number of nitrogens with zero attached hydrogens (tertiary/aromatic N) is 2. The first-order chi connectivity index (χ1) is 9.69. The molecule has 3 N–H and O–H groups in total. The van der Waals surface area contributed by atoms with Gasteiger partial charge in [0.2, 0.25) is 0 Å². The van der Waals surface area contributed by atoms with E-state index < -0.39 is 0 Å². The molecule has 2 aliphatic rings. The van der Waals surface area contributed by atoms with Crippen molar-refractivity contribution in [2.45, 2.75) is 25.3 Å². The van der Waals surface area contributed by atoms with Crippen LogP contribution in [0.2, 0.25) is 0 Å². The topological polar surface area (TPSA) is 53.6 Å². The van der Waals surface area contributed by atoms with E-state index >= 15 is 0 Å². The largest absolute Gasteiger partial charge is 0.369 e. The van der Waals surface area contributed by atoms with Gasteiger partial charge in [-0.3, -0.25) is 4.99 Å². The molecule has 0 bridgehead atoms. The third-order valence-electron chi connectivity index (χ3n) is 4.66. The second-order valence-corrected chi connectivity index (χ2v) is 5.62. The van der Waals surface area contributed by atoms with E-state index in [1.807, 2.05) is 11.0 Å². The van der Waals surface area contributed by atoms with E-state index in [9.17, 15) is 4.39 Å². The lowest BCUT2D eigenvalue weighted by molar-refractivity contribution is 0.216. The quantitative estimate of drug-likeness (QED) is 0.865. The zero-order valence-electron chi connectivity index (χ0n) is 11.8. The molecule has 0 saturated carbocycles. The van der Waals surface area contributed by atoms with Crippen molar-refractivity contribution < 1.29 is 4.39 Å². The summed E-state index contributed by atoms with van der Waals surface area (Å²) in [5.41, 5.74) is 6.46. The Hall–Kier alpha value is -1.62. The fraction of sp³-hybridized carbons (Fsp3) is 0.533. The number of para-hydroxylation sites is 1. The fourth-order valence-electron chi connectivity index (χ4n) is 3.59. The Kier molecular flexibility index (Phi) is 3.38. The van der Waals surface area contributed by atoms with Gasteiger partial charge in [-0.1, -0.05) is 19.1 Å². The third-order valence-corrected chi connectivity index (χ3v) is 4.66. The summed E-state index contributed by atoms with van der Waals surface area (Å²) < 4.78 is 14.2. The van der Waals surface area contributed by atoms with E-state index in [1.165, 1.54) is 6.07 Å². The van der Waals surface area contributed by atoms with Crippen LogP contribution in [0.15, 0.2) is 29.3 Å². The van der Waals surface area contributed by atoms with Gasteiger partial charge < -0.3 is 16.0 Å². The van der Waals surface area contributed by atoms with Crippen LogP contribution in [0.5, 0.6) is 0 Å². The molecule has 2 heterocycles. The van der Waals surface area contributed by atoms with Crippen LogP contribution in [-0.4, -0.2) is 31.1 Å². The summed E-state index contributed by atoms with van der Waals surface area (Å²) in [6, 6.07) is 6.82. The zero-order valence-corrected chi connectivity index (χ0v) is 11.8. The van der Waals surface area contributed by atoms with Crippen LogP contribution in [0, 0.1) is 11.7 Å². The molecule has 0 amide bonds. The summed E-state index contributed by atoms with van der Waals surface area (Å²) in [4.78, 5) is 6.38. The van der Waals surface area contributed by atoms with Gasteiger partial charge in [0.25, 0.3) is 0 Å². The number of halogens is 1. The minimum Gasteiger partial charge on any atom is -0.369 e. The monoisotopic (exact) mass is 276 g/mol. The summed E-state index contributed by atoms with van der Waals surface area (Å²) in [7, 11) is 0. The average Bonchev–Trinajstić information content (AvgIpc) is 2.78. The van der Waals surface area contributed by atoms with Crippen molar-refractivity contribution in [2.24, 2.45) is 16.6 Å². The molecule has 1 fully saturated rings. The predicted molar refractivity (Wildman–Crippen MR) is 79.4 cm³/mol. The highest BCUT2D eigenvalue weighted by atomic mass is 19.1. The molecule has 5 heteroatoms. The zero-order chi connectivity index (χ0) is 14.2. The fourth-order valence-corrected chi connectivity index (χ4v) is 3.59. The van der Waals surface area contributed by atoms with Crippen LogP contribution >= 0.6 is 0 Å². The van der Waals surface area contributed by atoms with Gasteiger partial charge in [-0.25, -0.2) is 4.39 Å². The summed E-state index contributed by atoms with van der Waals surface area (Å²) >= 11 is 0. The molecule has 2 aliphatic heterocycles. The first-order valence-electron chi connectivity index (χ1n) is 7.24. The standard InChI is InChI=1S/C15H21FN4/c1-2-11-9-18-8-7-15(11)10-19-14(17)20(15)13-6-4-3-5-12(13)16/h3-6,11,18H,2,7-10H2,1H3,(H2,17,19). The maximum atomic E-state index is 14.2. The van der Waals surface area contributed by atoms with Crippen molar-refractivity contribution >= 4 is 11.6 Å². The van der Waals surface area contributed by atoms with Gasteiger partial charge in [-0.15, -0.1) is 0 Å². The number of nitrogens with one attached hydrogen (secondary N) is 1. The predicted octanol–water partition coefficient (Wildman–Crippen LogP) is 1.72. The van der Waals surface area contributed by atoms with Crippen LogP contribution in [0.4, 0.5) is 10.1 Å². The lowest BCUT2D eigenvalue weighted by Gasteiger charge is -2.47. The van der Waals surface area contributed by atoms with Crippen molar-refractivity contribution in [1.82, 2.24) is 5.32 Å². The summed E-state index contributed by atoms with van der Waals surface area (Å²) in [6.45, 7) is 4.69. The molecule has 1 saturated heterocycles. The Morgan fingerprint density at radius 2 is 2.30 bits per heavy atom. The second-order valence-electron chi connectivity index (χ2n) is 5.62. The Morgan fingerprint density at radius 3 is 3.05 bits per heavy atom. The molecule has 0 aromatic heterocycles. The molecular weight excluding hydrogens is 255 g/mol. The van der Waals surface area contributed by atoms with E-state index in [-0.39, 0.29) is 11.4 Å². The summed E-state index contributed by atoms with van der Waals surface area (Å²) in [5, 5.41) is 3.43. The second kappa shape index (κ2) is 5.05. The minimum absolute atomic E-state index is 0.174. The van der Waals surface area contributed by atoms with Gasteiger partial charge in [0.15, 0.2) is 5.96 Å². The first kappa shape index (κ1) is 13.4. The SMILES string of the molecule is CCC1CNCCC12CN=C(N)N2c1ccccc1F. The smallest absolute Gasteiger partial charge is 0.196 e. The van der Waals surface area contributed by atoms with E-state index in [4.69, 9.17) is 5.73 Å². The average molecular weight is 276 g/mol. The Balaban J connectivity index is 2.06. The molecule has 1 aromatic rings. The molecule has 3 rings (SSSR count). The lowest BCUT2D eigenvalue weighted by Crippen LogP contribution is -2.62. The number of anilines is 1. The molecule has 108 valence electrons. The molecule has 4 nitrogen and oxygen atoms in total. The minimum atomic E-state index is -0.236. The van der Waals surface area contributed by atoms with E-state index in [2.05, 4.69) is 17.2 Å². The number of guanidine groups is 1. The van der Waals surface area contributed by atoms with Crippen LogP contribution in [0.3, 0.4) is 0 Å². The van der Waals surface area contributed by atoms with Crippen LogP contribution in [0.25, 0.3) is 0 Å². The molecule has 0 aliphatic carbocycles. The number of hydrogen-bond acceptors (Lipinski definition) is 4. The highest BCUT2D eigenvalue weighted by Gasteiger charge is 2.49. The van der Waals surface area contributed by atoms with E-state index in [0.29, 0.717) is 24.1 Å². The number of aliphatic imine (C=N–C) groups is 1. The van der Waals surface area contributed by atoms with Gasteiger partial charge in [0.05, 0.1) is 17.8 Å². The molecule has 2 unspecified atom stereocenters. The molecule has 0 radical (unpaired) electrons. The molecular formula is C15H21FN4. The number of nitrogens with two attached hydrogens (primary N) is 1. The van der Waals surface area contributed by atoms with Crippen LogP contribution in [-0.2, 0) is 0 Å². The third kappa shape index (κ3) is 1.88. The summed E-state index contributed by atoms with van der Waals surface area (Å²) in [5.74, 6) is 0.622. The highest BCUT2D eigenvalue weighted by Crippen LogP contribution is 2.40. The van der Waals surface area contributed by atoms with Crippen molar-refractivity contribution in [1.29, 1.82) is 0 Å². The molecule has 20 heavy (non-hydrogen) atoms. The van der Waals surface area contributed by atoms with Gasteiger partial charge in [-0.05, 0) is 37.4 Å². The van der Waals surface area contributed by atoms with Gasteiger partial charge in [-0.2, -0.15) is 0 Å². The van der Waals surface area contributed by atoms with Gasteiger partial charge >= 0.3 is 0 Å². The number of hydrogen-bond donors (Lipinski definition) is 2. The normalized spacial score (nSPS) is 29.8. The van der Waals surface area contributed by atoms with E-state index in [0.717, 1.165) is 25.9 Å². The Labute approximate surface area is 118 Å². The number of benzene rings is 1. The Bertz CT molecular complexity index is 530. The molecule has 2 atom stereocenters. The van der Waals surface area contributed by atoms with Crippen LogP contribution in [0.1, 0.15) is 19.8 Å². The lowest BCUT2D eigenvalue weighted by atomic mass is 9.76. The van der Waals surface area contributed by atoms with Crippen molar-refractivity contribution in [2.75, 3.05) is 24.5 Å². The first-order valence-corrected chi connectivity index (χ1v) is 7.24. The molecule has 1 spiro atoms. The van der Waals surface area contributed by atoms with Crippen LogP contribution < -0.4 is 16.0 Å². The Morgan fingerprint density at radius 1 is 1.50 bits per heavy atom.